The number of alkyl halides is 3. The van der Waals surface area contributed by atoms with Crippen LogP contribution < -0.4 is 9.80 Å². The number of para-hydroxylation sites is 3. The van der Waals surface area contributed by atoms with E-state index in [1.54, 1.807) is 11.0 Å². The Morgan fingerprint density at radius 2 is 1.36 bits per heavy atom. The van der Waals surface area contributed by atoms with E-state index in [2.05, 4.69) is 4.99 Å². The molecule has 0 aliphatic carbocycles. The lowest BCUT2D eigenvalue weighted by atomic mass is 10.1. The Morgan fingerprint density at radius 3 is 1.86 bits per heavy atom. The van der Waals surface area contributed by atoms with Crippen LogP contribution in [0.3, 0.4) is 0 Å². The monoisotopic (exact) mass is 546 g/mol. The van der Waals surface area contributed by atoms with Crippen LogP contribution in [0.5, 0.6) is 0 Å². The first-order valence-corrected chi connectivity index (χ1v) is 12.1. The molecular formula is C26H22Cl3FN4O2. The van der Waals surface area contributed by atoms with E-state index in [4.69, 9.17) is 34.8 Å². The second-order valence-corrected chi connectivity index (χ2v) is 10.6. The number of benzene rings is 3. The van der Waals surface area contributed by atoms with Crippen LogP contribution in [0.25, 0.3) is 0 Å². The predicted molar refractivity (Wildman–Crippen MR) is 143 cm³/mol. The number of imide groups is 1. The van der Waals surface area contributed by atoms with E-state index in [9.17, 15) is 14.0 Å². The van der Waals surface area contributed by atoms with Gasteiger partial charge in [-0.1, -0.05) is 83.3 Å². The molecule has 1 aliphatic rings. The third kappa shape index (κ3) is 4.78. The normalized spacial score (nSPS) is 16.1. The third-order valence-electron chi connectivity index (χ3n) is 5.81. The lowest BCUT2D eigenvalue weighted by molar-refractivity contribution is -0.119. The number of likely N-dealkylation sites (N-methyl/N-ethyl adjacent to an activating group) is 1. The molecule has 0 radical (unpaired) electrons. The third-order valence-corrected chi connectivity index (χ3v) is 6.40. The number of carbonyl (C=O) groups is 2. The molecule has 0 aromatic heterocycles. The van der Waals surface area contributed by atoms with Crippen molar-refractivity contribution >= 4 is 69.6 Å². The lowest BCUT2D eigenvalue weighted by Crippen LogP contribution is -2.43. The summed E-state index contributed by atoms with van der Waals surface area (Å²) in [5.41, 5.74) is 2.93. The molecule has 1 heterocycles. The van der Waals surface area contributed by atoms with Crippen molar-refractivity contribution in [1.82, 2.24) is 4.90 Å². The van der Waals surface area contributed by atoms with E-state index in [1.165, 1.54) is 25.2 Å². The minimum Gasteiger partial charge on any atom is -0.314 e. The Hall–Kier alpha value is -3.13. The molecule has 3 aromatic rings. The van der Waals surface area contributed by atoms with Gasteiger partial charge in [-0.15, -0.1) is 0 Å². The minimum atomic E-state index is -2.07. The molecule has 36 heavy (non-hydrogen) atoms. The average Bonchev–Trinajstić information content (AvgIpc) is 3.04. The van der Waals surface area contributed by atoms with Crippen molar-refractivity contribution < 1.29 is 14.0 Å². The Morgan fingerprint density at radius 1 is 0.861 bits per heavy atom. The van der Waals surface area contributed by atoms with Gasteiger partial charge >= 0.3 is 6.03 Å². The highest BCUT2D eigenvalue weighted by molar-refractivity contribution is 6.68. The number of amides is 3. The van der Waals surface area contributed by atoms with Gasteiger partial charge in [0.1, 0.15) is 5.82 Å². The number of aliphatic imine (C=N–C) groups is 1. The van der Waals surface area contributed by atoms with Crippen LogP contribution in [0.15, 0.2) is 77.8 Å². The summed E-state index contributed by atoms with van der Waals surface area (Å²) in [7, 11) is 1.28. The number of anilines is 3. The number of carbonyl (C=O) groups excluding carboxylic acids is 2. The molecule has 3 aromatic carbocycles. The van der Waals surface area contributed by atoms with Gasteiger partial charge in [-0.25, -0.2) is 19.1 Å². The summed E-state index contributed by atoms with van der Waals surface area (Å²) in [6.07, 6.45) is -1.31. The summed E-state index contributed by atoms with van der Waals surface area (Å²) in [6, 6.07) is 19.7. The lowest BCUT2D eigenvalue weighted by Gasteiger charge is -2.37. The van der Waals surface area contributed by atoms with Crippen molar-refractivity contribution in [3.8, 4) is 0 Å². The Kier molecular flexibility index (Phi) is 7.27. The Balaban J connectivity index is 1.98. The maximum atomic E-state index is 14.7. The maximum Gasteiger partial charge on any atom is 0.337 e. The molecule has 1 saturated heterocycles. The summed E-state index contributed by atoms with van der Waals surface area (Å²) in [5.74, 6) is -1.82. The number of hydrogen-bond donors (Lipinski definition) is 0. The summed E-state index contributed by atoms with van der Waals surface area (Å²) in [5, 5.41) is 0. The Labute approximate surface area is 223 Å². The van der Waals surface area contributed by atoms with Crippen molar-refractivity contribution in [1.29, 1.82) is 0 Å². The van der Waals surface area contributed by atoms with Crippen LogP contribution in [0.4, 0.5) is 26.2 Å². The highest BCUT2D eigenvalue weighted by Gasteiger charge is 2.46. The first-order valence-electron chi connectivity index (χ1n) is 10.9. The zero-order valence-corrected chi connectivity index (χ0v) is 21.9. The van der Waals surface area contributed by atoms with Crippen molar-refractivity contribution in [2.24, 2.45) is 4.99 Å². The second kappa shape index (κ2) is 10.1. The first-order chi connectivity index (χ1) is 17.0. The highest BCUT2D eigenvalue weighted by atomic mass is 35.6. The van der Waals surface area contributed by atoms with E-state index in [0.29, 0.717) is 11.4 Å². The van der Waals surface area contributed by atoms with Crippen molar-refractivity contribution in [3.63, 3.8) is 0 Å². The fourth-order valence-corrected chi connectivity index (χ4v) is 4.43. The zero-order chi connectivity index (χ0) is 26.2. The van der Waals surface area contributed by atoms with Crippen molar-refractivity contribution in [2.45, 2.75) is 23.8 Å². The fourth-order valence-electron chi connectivity index (χ4n) is 3.99. The van der Waals surface area contributed by atoms with Crippen LogP contribution in [0, 0.1) is 19.7 Å². The molecule has 6 nitrogen and oxygen atoms in total. The van der Waals surface area contributed by atoms with Crippen LogP contribution in [0.2, 0.25) is 0 Å². The van der Waals surface area contributed by atoms with Crippen molar-refractivity contribution in [3.05, 3.63) is 89.7 Å². The highest BCUT2D eigenvalue weighted by Crippen LogP contribution is 2.43. The smallest absolute Gasteiger partial charge is 0.314 e. The molecule has 1 aliphatic heterocycles. The number of halogens is 4. The minimum absolute atomic E-state index is 0.139. The summed E-state index contributed by atoms with van der Waals surface area (Å²) in [4.78, 5) is 34.2. The number of aryl methyl sites for hydroxylation is 2. The van der Waals surface area contributed by atoms with Gasteiger partial charge in [0.25, 0.3) is 5.91 Å². The Bertz CT molecular complexity index is 1310. The van der Waals surface area contributed by atoms with Crippen molar-refractivity contribution in [2.75, 3.05) is 16.8 Å². The molecule has 0 spiro atoms. The molecule has 0 bridgehead atoms. The van der Waals surface area contributed by atoms with Gasteiger partial charge in [0.05, 0.1) is 5.69 Å². The average molecular weight is 548 g/mol. The summed E-state index contributed by atoms with van der Waals surface area (Å²) < 4.78 is 12.7. The molecule has 4 rings (SSSR count). The largest absolute Gasteiger partial charge is 0.337 e. The zero-order valence-electron chi connectivity index (χ0n) is 19.6. The van der Waals surface area contributed by atoms with Gasteiger partial charge in [-0.3, -0.25) is 9.69 Å². The number of hydrogen-bond acceptors (Lipinski definition) is 4. The van der Waals surface area contributed by atoms with Gasteiger partial charge in [0.2, 0.25) is 9.63 Å². The van der Waals surface area contributed by atoms with Gasteiger partial charge in [-0.05, 0) is 49.2 Å². The van der Waals surface area contributed by atoms with Crippen LogP contribution >= 0.6 is 34.8 Å². The summed E-state index contributed by atoms with van der Waals surface area (Å²) in [6.45, 7) is 3.79. The molecule has 10 heteroatoms. The molecule has 0 saturated carbocycles. The predicted octanol–water partition coefficient (Wildman–Crippen LogP) is 6.77. The van der Waals surface area contributed by atoms with Gasteiger partial charge in [-0.2, -0.15) is 0 Å². The van der Waals surface area contributed by atoms with E-state index in [1.807, 2.05) is 62.4 Å². The quantitative estimate of drug-likeness (QED) is 0.261. The SMILES string of the molecule is Cc1ccccc1N(c1ccccc1C)C(N=C1C(=O)N(C)C(=O)N1c1ccccc1F)C(Cl)(Cl)Cl. The van der Waals surface area contributed by atoms with Gasteiger partial charge in [0, 0.05) is 18.4 Å². The molecule has 186 valence electrons. The topological polar surface area (TPSA) is 56.2 Å². The number of urea groups is 1. The first kappa shape index (κ1) is 25.9. The molecule has 1 atom stereocenters. The van der Waals surface area contributed by atoms with Crippen LogP contribution in [-0.4, -0.2) is 39.7 Å². The number of amidine groups is 1. The molecule has 1 unspecified atom stereocenters. The molecular weight excluding hydrogens is 526 g/mol. The second-order valence-electron chi connectivity index (χ2n) is 8.24. The molecule has 0 N–H and O–H groups in total. The van der Waals surface area contributed by atoms with E-state index < -0.39 is 27.7 Å². The van der Waals surface area contributed by atoms with E-state index >= 15 is 0 Å². The van der Waals surface area contributed by atoms with Crippen LogP contribution in [-0.2, 0) is 4.79 Å². The number of nitrogens with zero attached hydrogens (tertiary/aromatic N) is 4. The fraction of sp³-hybridized carbons (Fsp3) is 0.192. The van der Waals surface area contributed by atoms with Crippen LogP contribution in [0.1, 0.15) is 11.1 Å². The van der Waals surface area contributed by atoms with E-state index in [-0.39, 0.29) is 11.5 Å². The standard InChI is InChI=1S/C26H22Cl3FN4O2/c1-16-10-4-7-13-19(16)33(20-14-8-5-11-17(20)2)24(26(27,28)29)31-22-23(35)32(3)25(36)34(22)21-15-9-6-12-18(21)30/h4-15,24H,1-3H3. The summed E-state index contributed by atoms with van der Waals surface area (Å²) >= 11 is 19.5. The molecule has 3 amide bonds. The molecule has 1 fully saturated rings. The van der Waals surface area contributed by atoms with E-state index in [0.717, 1.165) is 20.9 Å². The number of rotatable bonds is 5. The van der Waals surface area contributed by atoms with Gasteiger partial charge in [0.15, 0.2) is 6.17 Å². The maximum absolute atomic E-state index is 14.7. The van der Waals surface area contributed by atoms with Gasteiger partial charge < -0.3 is 4.90 Å².